The van der Waals surface area contributed by atoms with Crippen molar-refractivity contribution in [1.29, 1.82) is 0 Å². The average molecular weight is 421 g/mol. The SMILES string of the molecule is CC1(C)CC(=O)C2=C(C1)Nc1nc(-c3cccc(Cl)c3)nn1[C@@H]2c1ccc(O)cc1. The van der Waals surface area contributed by atoms with Crippen LogP contribution in [0.15, 0.2) is 59.8 Å². The third kappa shape index (κ3) is 3.17. The third-order valence-electron chi connectivity index (χ3n) is 5.62. The van der Waals surface area contributed by atoms with Crippen molar-refractivity contribution in [3.63, 3.8) is 0 Å². The molecule has 2 heterocycles. The second-order valence-electron chi connectivity index (χ2n) is 8.67. The number of phenolic OH excluding ortho intramolecular Hbond substituents is 1. The van der Waals surface area contributed by atoms with Crippen LogP contribution in [-0.2, 0) is 4.79 Å². The molecule has 1 aliphatic carbocycles. The normalized spacial score (nSPS) is 19.8. The van der Waals surface area contributed by atoms with Crippen LogP contribution in [0.2, 0.25) is 5.02 Å². The number of phenols is 1. The summed E-state index contributed by atoms with van der Waals surface area (Å²) in [6.07, 6.45) is 1.23. The molecule has 0 fully saturated rings. The molecule has 0 amide bonds. The second kappa shape index (κ2) is 6.71. The smallest absolute Gasteiger partial charge is 0.226 e. The molecule has 30 heavy (non-hydrogen) atoms. The number of Topliss-reactive ketones (excluding diaryl/α,β-unsaturated/α-hetero) is 1. The van der Waals surface area contributed by atoms with Crippen LogP contribution in [0.1, 0.15) is 38.3 Å². The molecule has 1 aliphatic heterocycles. The summed E-state index contributed by atoms with van der Waals surface area (Å²) < 4.78 is 1.76. The molecule has 2 N–H and O–H groups in total. The number of carbonyl (C=O) groups is 1. The van der Waals surface area contributed by atoms with Gasteiger partial charge in [0, 0.05) is 28.3 Å². The number of fused-ring (bicyclic) bond motifs is 1. The summed E-state index contributed by atoms with van der Waals surface area (Å²) in [5.41, 5.74) is 3.17. The summed E-state index contributed by atoms with van der Waals surface area (Å²) >= 11 is 6.16. The van der Waals surface area contributed by atoms with Crippen molar-refractivity contribution in [3.8, 4) is 17.1 Å². The van der Waals surface area contributed by atoms with Crippen LogP contribution in [0.3, 0.4) is 0 Å². The Morgan fingerprint density at radius 1 is 1.17 bits per heavy atom. The van der Waals surface area contributed by atoms with Crippen LogP contribution in [0, 0.1) is 5.41 Å². The van der Waals surface area contributed by atoms with Gasteiger partial charge in [-0.25, -0.2) is 4.68 Å². The first-order valence-corrected chi connectivity index (χ1v) is 10.2. The number of halogens is 1. The molecule has 6 nitrogen and oxygen atoms in total. The Morgan fingerprint density at radius 2 is 1.93 bits per heavy atom. The van der Waals surface area contributed by atoms with Crippen molar-refractivity contribution in [2.24, 2.45) is 5.41 Å². The first-order chi connectivity index (χ1) is 14.3. The average Bonchev–Trinajstić information content (AvgIpc) is 3.10. The van der Waals surface area contributed by atoms with E-state index in [1.165, 1.54) is 0 Å². The number of aromatic nitrogens is 3. The minimum atomic E-state index is -0.402. The van der Waals surface area contributed by atoms with Gasteiger partial charge in [-0.1, -0.05) is 49.7 Å². The maximum absolute atomic E-state index is 13.2. The Balaban J connectivity index is 1.68. The molecule has 0 saturated heterocycles. The van der Waals surface area contributed by atoms with Gasteiger partial charge < -0.3 is 10.4 Å². The molecule has 1 aromatic heterocycles. The van der Waals surface area contributed by atoms with Gasteiger partial charge in [-0.3, -0.25) is 4.79 Å². The minimum Gasteiger partial charge on any atom is -0.508 e. The van der Waals surface area contributed by atoms with Gasteiger partial charge in [-0.05, 0) is 41.7 Å². The van der Waals surface area contributed by atoms with E-state index >= 15 is 0 Å². The van der Waals surface area contributed by atoms with E-state index in [1.807, 2.05) is 30.3 Å². The van der Waals surface area contributed by atoms with E-state index in [0.29, 0.717) is 23.2 Å². The van der Waals surface area contributed by atoms with E-state index in [0.717, 1.165) is 28.8 Å². The Hall–Kier alpha value is -3.12. The molecule has 0 spiro atoms. The van der Waals surface area contributed by atoms with Gasteiger partial charge >= 0.3 is 0 Å². The molecule has 1 atom stereocenters. The summed E-state index contributed by atoms with van der Waals surface area (Å²) in [5, 5.41) is 18.5. The van der Waals surface area contributed by atoms with Crippen LogP contribution >= 0.6 is 11.6 Å². The molecule has 3 aromatic rings. The van der Waals surface area contributed by atoms with Crippen LogP contribution in [0.25, 0.3) is 11.4 Å². The number of ketones is 1. The monoisotopic (exact) mass is 420 g/mol. The van der Waals surface area contributed by atoms with Crippen molar-refractivity contribution in [3.05, 3.63) is 70.4 Å². The number of benzene rings is 2. The van der Waals surface area contributed by atoms with Crippen molar-refractivity contribution in [1.82, 2.24) is 14.8 Å². The van der Waals surface area contributed by atoms with Crippen LogP contribution < -0.4 is 5.32 Å². The minimum absolute atomic E-state index is 0.109. The van der Waals surface area contributed by atoms with Crippen molar-refractivity contribution in [2.75, 3.05) is 5.32 Å². The Bertz CT molecular complexity index is 1190. The molecule has 152 valence electrons. The highest BCUT2D eigenvalue weighted by atomic mass is 35.5. The number of aromatic hydroxyl groups is 1. The van der Waals surface area contributed by atoms with Gasteiger partial charge in [0.2, 0.25) is 5.95 Å². The van der Waals surface area contributed by atoms with Crippen LogP contribution in [-0.4, -0.2) is 25.7 Å². The van der Waals surface area contributed by atoms with E-state index in [9.17, 15) is 9.90 Å². The number of hydrogen-bond acceptors (Lipinski definition) is 5. The summed E-state index contributed by atoms with van der Waals surface area (Å²) in [7, 11) is 0. The van der Waals surface area contributed by atoms with E-state index < -0.39 is 6.04 Å². The molecule has 7 heteroatoms. The fourth-order valence-electron chi connectivity index (χ4n) is 4.32. The predicted molar refractivity (Wildman–Crippen MR) is 115 cm³/mol. The predicted octanol–water partition coefficient (Wildman–Crippen LogP) is 4.96. The molecular formula is C23H21ClN4O2. The highest BCUT2D eigenvalue weighted by molar-refractivity contribution is 6.30. The Labute approximate surface area is 179 Å². The molecule has 0 bridgehead atoms. The second-order valence-corrected chi connectivity index (χ2v) is 9.10. The lowest BCUT2D eigenvalue weighted by Gasteiger charge is -2.38. The van der Waals surface area contributed by atoms with Gasteiger partial charge in [0.15, 0.2) is 11.6 Å². The first kappa shape index (κ1) is 18.9. The van der Waals surface area contributed by atoms with E-state index in [2.05, 4.69) is 19.2 Å². The zero-order chi connectivity index (χ0) is 21.0. The number of rotatable bonds is 2. The molecular weight excluding hydrogens is 400 g/mol. The highest BCUT2D eigenvalue weighted by Crippen LogP contribution is 2.45. The molecule has 0 unspecified atom stereocenters. The number of allylic oxidation sites excluding steroid dienone is 2. The summed E-state index contributed by atoms with van der Waals surface area (Å²) in [6.45, 7) is 4.20. The van der Waals surface area contributed by atoms with Crippen molar-refractivity contribution in [2.45, 2.75) is 32.7 Å². The number of carbonyl (C=O) groups excluding carboxylic acids is 1. The van der Waals surface area contributed by atoms with E-state index in [-0.39, 0.29) is 16.9 Å². The molecule has 2 aliphatic rings. The fraction of sp³-hybridized carbons (Fsp3) is 0.261. The first-order valence-electron chi connectivity index (χ1n) is 9.85. The maximum atomic E-state index is 13.2. The largest absolute Gasteiger partial charge is 0.508 e. The van der Waals surface area contributed by atoms with Crippen molar-refractivity contribution < 1.29 is 9.90 Å². The van der Waals surface area contributed by atoms with Gasteiger partial charge in [-0.15, -0.1) is 5.10 Å². The number of anilines is 1. The number of nitrogens with zero attached hydrogens (tertiary/aromatic N) is 3. The number of hydrogen-bond donors (Lipinski definition) is 2. The summed E-state index contributed by atoms with van der Waals surface area (Å²) in [5.74, 6) is 1.41. The van der Waals surface area contributed by atoms with Crippen LogP contribution in [0.4, 0.5) is 5.95 Å². The third-order valence-corrected chi connectivity index (χ3v) is 5.86. The lowest BCUT2D eigenvalue weighted by atomic mass is 9.73. The van der Waals surface area contributed by atoms with E-state index in [1.54, 1.807) is 22.9 Å². The van der Waals surface area contributed by atoms with Gasteiger partial charge in [0.25, 0.3) is 0 Å². The lowest BCUT2D eigenvalue weighted by Crippen LogP contribution is -2.36. The topological polar surface area (TPSA) is 80.0 Å². The standard InChI is InChI=1S/C23H21ClN4O2/c1-23(2)11-17-19(18(30)12-23)20(13-6-8-16(29)9-7-13)28-22(25-17)26-21(27-28)14-4-3-5-15(24)10-14/h3-10,20,29H,11-12H2,1-2H3,(H,25,26,27)/t20-/m1/s1. The molecule has 5 rings (SSSR count). The fourth-order valence-corrected chi connectivity index (χ4v) is 4.51. The molecule has 2 aromatic carbocycles. The number of nitrogens with one attached hydrogen (secondary N) is 1. The van der Waals surface area contributed by atoms with Crippen molar-refractivity contribution >= 4 is 23.3 Å². The summed E-state index contributed by atoms with van der Waals surface area (Å²) in [4.78, 5) is 17.9. The summed E-state index contributed by atoms with van der Waals surface area (Å²) in [6, 6.07) is 13.9. The van der Waals surface area contributed by atoms with Crippen LogP contribution in [0.5, 0.6) is 5.75 Å². The molecule has 0 radical (unpaired) electrons. The van der Waals surface area contributed by atoms with Gasteiger partial charge in [0.1, 0.15) is 11.8 Å². The zero-order valence-corrected chi connectivity index (χ0v) is 17.4. The van der Waals surface area contributed by atoms with Gasteiger partial charge in [0.05, 0.1) is 0 Å². The Kier molecular flexibility index (Phi) is 4.22. The quantitative estimate of drug-likeness (QED) is 0.612. The van der Waals surface area contributed by atoms with E-state index in [4.69, 9.17) is 21.7 Å². The molecule has 0 saturated carbocycles. The highest BCUT2D eigenvalue weighted by Gasteiger charge is 2.41. The zero-order valence-electron chi connectivity index (χ0n) is 16.7. The van der Waals surface area contributed by atoms with Gasteiger partial charge in [-0.2, -0.15) is 4.98 Å². The maximum Gasteiger partial charge on any atom is 0.226 e. The lowest BCUT2D eigenvalue weighted by molar-refractivity contribution is -0.118. The Morgan fingerprint density at radius 3 is 2.67 bits per heavy atom.